The first-order chi connectivity index (χ1) is 8.78. The van der Waals surface area contributed by atoms with Gasteiger partial charge in [-0.05, 0) is 44.5 Å². The number of aromatic nitrogens is 2. The highest BCUT2D eigenvalue weighted by Crippen LogP contribution is 2.13. The summed E-state index contributed by atoms with van der Waals surface area (Å²) in [5.41, 5.74) is 2.47. The molecule has 0 bridgehead atoms. The quantitative estimate of drug-likeness (QED) is 0.868. The van der Waals surface area contributed by atoms with Gasteiger partial charge in [0, 0.05) is 35.9 Å². The summed E-state index contributed by atoms with van der Waals surface area (Å²) in [7, 11) is 2.03. The van der Waals surface area contributed by atoms with Crippen molar-refractivity contribution in [2.75, 3.05) is 7.05 Å². The maximum absolute atomic E-state index is 4.52. The largest absolute Gasteiger partial charge is 0.317 e. The number of rotatable bonds is 6. The van der Waals surface area contributed by atoms with Crippen LogP contribution in [0, 0.1) is 6.92 Å². The zero-order valence-electron chi connectivity index (χ0n) is 10.9. The van der Waals surface area contributed by atoms with Gasteiger partial charge in [-0.25, -0.2) is 4.98 Å². The Bertz CT molecular complexity index is 467. The van der Waals surface area contributed by atoms with Crippen LogP contribution in [0.4, 0.5) is 0 Å². The minimum absolute atomic E-state index is 0.490. The van der Waals surface area contributed by atoms with Gasteiger partial charge in [-0.3, -0.25) is 4.98 Å². The second-order valence-electron chi connectivity index (χ2n) is 4.47. The van der Waals surface area contributed by atoms with Crippen molar-refractivity contribution >= 4 is 11.3 Å². The summed E-state index contributed by atoms with van der Waals surface area (Å²) in [4.78, 5) is 8.56. The van der Waals surface area contributed by atoms with Gasteiger partial charge in [-0.2, -0.15) is 0 Å². The molecule has 1 N–H and O–H groups in total. The average Bonchev–Trinajstić information content (AvgIpc) is 2.81. The Morgan fingerprint density at radius 1 is 1.33 bits per heavy atom. The summed E-state index contributed by atoms with van der Waals surface area (Å²) in [6, 6.07) is 4.66. The van der Waals surface area contributed by atoms with Crippen LogP contribution in [0.5, 0.6) is 0 Å². The van der Waals surface area contributed by atoms with Crippen LogP contribution < -0.4 is 5.32 Å². The Morgan fingerprint density at radius 3 is 2.72 bits per heavy atom. The van der Waals surface area contributed by atoms with Crippen molar-refractivity contribution in [2.45, 2.75) is 32.2 Å². The average molecular weight is 261 g/mol. The molecule has 4 heteroatoms. The molecule has 0 amide bonds. The molecular formula is C14H19N3S. The molecule has 1 atom stereocenters. The zero-order chi connectivity index (χ0) is 12.8. The first-order valence-corrected chi connectivity index (χ1v) is 7.13. The van der Waals surface area contributed by atoms with Gasteiger partial charge in [0.2, 0.25) is 0 Å². The third-order valence-corrected chi connectivity index (χ3v) is 4.02. The monoisotopic (exact) mass is 261 g/mol. The first-order valence-electron chi connectivity index (χ1n) is 6.25. The van der Waals surface area contributed by atoms with Gasteiger partial charge in [0.15, 0.2) is 0 Å². The summed E-state index contributed by atoms with van der Waals surface area (Å²) < 4.78 is 0. The van der Waals surface area contributed by atoms with Crippen molar-refractivity contribution in [2.24, 2.45) is 0 Å². The Labute approximate surface area is 112 Å². The SMILES string of the molecule is CNC(CCc1ccncc1)Cc1nc(C)cs1. The first kappa shape index (κ1) is 13.2. The van der Waals surface area contributed by atoms with Crippen molar-refractivity contribution in [3.63, 3.8) is 0 Å². The van der Waals surface area contributed by atoms with Gasteiger partial charge in [-0.1, -0.05) is 0 Å². The molecule has 18 heavy (non-hydrogen) atoms. The van der Waals surface area contributed by atoms with E-state index in [1.165, 1.54) is 10.6 Å². The van der Waals surface area contributed by atoms with E-state index in [4.69, 9.17) is 0 Å². The Kier molecular flexibility index (Phi) is 4.84. The van der Waals surface area contributed by atoms with E-state index in [1.54, 1.807) is 11.3 Å². The fourth-order valence-electron chi connectivity index (χ4n) is 1.95. The molecule has 3 nitrogen and oxygen atoms in total. The van der Waals surface area contributed by atoms with E-state index in [-0.39, 0.29) is 0 Å². The zero-order valence-corrected chi connectivity index (χ0v) is 11.7. The third kappa shape index (κ3) is 3.89. The second kappa shape index (κ2) is 6.61. The number of likely N-dealkylation sites (N-methyl/N-ethyl adjacent to an activating group) is 1. The predicted octanol–water partition coefficient (Wildman–Crippen LogP) is 2.61. The molecule has 0 radical (unpaired) electrons. The number of nitrogens with one attached hydrogen (secondary N) is 1. The standard InChI is InChI=1S/C14H19N3S/c1-11-10-18-14(17-11)9-13(15-2)4-3-12-5-7-16-8-6-12/h5-8,10,13,15H,3-4,9H2,1-2H3. The van der Waals surface area contributed by atoms with Crippen LogP contribution in [-0.4, -0.2) is 23.1 Å². The lowest BCUT2D eigenvalue weighted by Crippen LogP contribution is -2.28. The lowest BCUT2D eigenvalue weighted by Gasteiger charge is -2.14. The molecule has 0 aliphatic heterocycles. The predicted molar refractivity (Wildman–Crippen MR) is 76.0 cm³/mol. The number of aryl methyl sites for hydroxylation is 2. The van der Waals surface area contributed by atoms with E-state index < -0.39 is 0 Å². The fraction of sp³-hybridized carbons (Fsp3) is 0.429. The molecular weight excluding hydrogens is 242 g/mol. The number of pyridine rings is 1. The molecule has 0 aromatic carbocycles. The smallest absolute Gasteiger partial charge is 0.0943 e. The topological polar surface area (TPSA) is 37.8 Å². The van der Waals surface area contributed by atoms with Crippen molar-refractivity contribution in [3.8, 4) is 0 Å². The second-order valence-corrected chi connectivity index (χ2v) is 5.41. The van der Waals surface area contributed by atoms with Crippen LogP contribution in [0.2, 0.25) is 0 Å². The van der Waals surface area contributed by atoms with Crippen molar-refractivity contribution in [1.29, 1.82) is 0 Å². The third-order valence-electron chi connectivity index (χ3n) is 3.03. The van der Waals surface area contributed by atoms with Gasteiger partial charge in [0.25, 0.3) is 0 Å². The maximum atomic E-state index is 4.52. The van der Waals surface area contributed by atoms with Gasteiger partial charge in [0.1, 0.15) is 0 Å². The van der Waals surface area contributed by atoms with E-state index in [0.29, 0.717) is 6.04 Å². The van der Waals surface area contributed by atoms with Gasteiger partial charge >= 0.3 is 0 Å². The van der Waals surface area contributed by atoms with Gasteiger partial charge in [-0.15, -0.1) is 11.3 Å². The maximum Gasteiger partial charge on any atom is 0.0943 e. The van der Waals surface area contributed by atoms with Crippen LogP contribution in [-0.2, 0) is 12.8 Å². The highest BCUT2D eigenvalue weighted by molar-refractivity contribution is 7.09. The van der Waals surface area contributed by atoms with E-state index in [1.807, 2.05) is 26.4 Å². The Balaban J connectivity index is 1.86. The van der Waals surface area contributed by atoms with E-state index in [9.17, 15) is 0 Å². The number of hydrogen-bond acceptors (Lipinski definition) is 4. The van der Waals surface area contributed by atoms with Crippen LogP contribution >= 0.6 is 11.3 Å². The number of hydrogen-bond donors (Lipinski definition) is 1. The normalized spacial score (nSPS) is 12.6. The summed E-state index contributed by atoms with van der Waals surface area (Å²) in [6.45, 7) is 2.05. The summed E-state index contributed by atoms with van der Waals surface area (Å²) >= 11 is 1.75. The van der Waals surface area contributed by atoms with Crippen molar-refractivity contribution in [3.05, 3.63) is 46.2 Å². The molecule has 0 aliphatic carbocycles. The van der Waals surface area contributed by atoms with Crippen molar-refractivity contribution in [1.82, 2.24) is 15.3 Å². The molecule has 1 unspecified atom stereocenters. The number of thiazole rings is 1. The Hall–Kier alpha value is -1.26. The van der Waals surface area contributed by atoms with Gasteiger partial charge in [0.05, 0.1) is 5.01 Å². The highest BCUT2D eigenvalue weighted by atomic mass is 32.1. The summed E-state index contributed by atoms with van der Waals surface area (Å²) in [5.74, 6) is 0. The summed E-state index contributed by atoms with van der Waals surface area (Å²) in [5, 5.41) is 6.72. The molecule has 0 aliphatic rings. The highest BCUT2D eigenvalue weighted by Gasteiger charge is 2.09. The number of nitrogens with zero attached hydrogens (tertiary/aromatic N) is 2. The van der Waals surface area contributed by atoms with Crippen LogP contribution in [0.1, 0.15) is 22.7 Å². The molecule has 2 rings (SSSR count). The molecule has 0 saturated heterocycles. The molecule has 2 aromatic rings. The van der Waals surface area contributed by atoms with Crippen molar-refractivity contribution < 1.29 is 0 Å². The molecule has 2 aromatic heterocycles. The lowest BCUT2D eigenvalue weighted by molar-refractivity contribution is 0.519. The Morgan fingerprint density at radius 2 is 2.11 bits per heavy atom. The molecule has 0 spiro atoms. The minimum Gasteiger partial charge on any atom is -0.317 e. The molecule has 0 fully saturated rings. The van der Waals surface area contributed by atoms with Crippen LogP contribution in [0.3, 0.4) is 0 Å². The lowest BCUT2D eigenvalue weighted by atomic mass is 10.0. The van der Waals surface area contributed by atoms with Crippen LogP contribution in [0.15, 0.2) is 29.9 Å². The fourth-order valence-corrected chi connectivity index (χ4v) is 2.80. The molecule has 96 valence electrons. The minimum atomic E-state index is 0.490. The van der Waals surface area contributed by atoms with Crippen LogP contribution in [0.25, 0.3) is 0 Å². The molecule has 0 saturated carbocycles. The van der Waals surface area contributed by atoms with E-state index in [2.05, 4.69) is 32.8 Å². The van der Waals surface area contributed by atoms with E-state index in [0.717, 1.165) is 25.0 Å². The van der Waals surface area contributed by atoms with Gasteiger partial charge < -0.3 is 5.32 Å². The van der Waals surface area contributed by atoms with E-state index >= 15 is 0 Å². The summed E-state index contributed by atoms with van der Waals surface area (Å²) in [6.07, 6.45) is 6.93. The molecule has 2 heterocycles.